The zero-order valence-electron chi connectivity index (χ0n) is 13.6. The molecule has 0 unspecified atom stereocenters. The van der Waals surface area contributed by atoms with Crippen LogP contribution in [-0.4, -0.2) is 18.3 Å². The van der Waals surface area contributed by atoms with Gasteiger partial charge in [-0.3, -0.25) is 4.79 Å². The van der Waals surface area contributed by atoms with Gasteiger partial charge in [-0.05, 0) is 17.7 Å². The molecule has 1 aliphatic heterocycles. The molecule has 0 saturated heterocycles. The van der Waals surface area contributed by atoms with Crippen molar-refractivity contribution >= 4 is 17.7 Å². The number of allylic oxidation sites excluding steroid dienone is 1. The summed E-state index contributed by atoms with van der Waals surface area (Å²) in [6, 6.07) is 21.6. The van der Waals surface area contributed by atoms with Gasteiger partial charge in [0.25, 0.3) is 0 Å². The first-order valence-corrected chi connectivity index (χ1v) is 9.06. The molecule has 126 valence electrons. The van der Waals surface area contributed by atoms with Crippen molar-refractivity contribution < 1.29 is 9.53 Å². The van der Waals surface area contributed by atoms with Crippen LogP contribution in [0, 0.1) is 11.3 Å². The molecule has 0 bridgehead atoms. The second-order valence-corrected chi connectivity index (χ2v) is 6.69. The lowest BCUT2D eigenvalue weighted by atomic mass is 9.87. The summed E-state index contributed by atoms with van der Waals surface area (Å²) in [6.07, 6.45) is 0.303. The highest BCUT2D eigenvalue weighted by atomic mass is 32.2. The molecule has 1 N–H and O–H groups in total. The van der Waals surface area contributed by atoms with Crippen LogP contribution < -0.4 is 10.1 Å². The molecule has 1 amide bonds. The fourth-order valence-electron chi connectivity index (χ4n) is 2.72. The number of nitrogens with zero attached hydrogens (tertiary/aromatic N) is 1. The Hall–Kier alpha value is -2.71. The fraction of sp³-hybridized carbons (Fsp3) is 0.200. The van der Waals surface area contributed by atoms with E-state index in [1.807, 2.05) is 60.7 Å². The van der Waals surface area contributed by atoms with Gasteiger partial charge in [-0.15, -0.1) is 11.8 Å². The van der Waals surface area contributed by atoms with Gasteiger partial charge in [0.2, 0.25) is 5.91 Å². The molecular formula is C20H18N2O2S. The average Bonchev–Trinajstić information content (AvgIpc) is 2.66. The van der Waals surface area contributed by atoms with E-state index in [1.165, 1.54) is 11.8 Å². The van der Waals surface area contributed by atoms with Crippen LogP contribution in [0.15, 0.2) is 71.3 Å². The van der Waals surface area contributed by atoms with E-state index in [0.717, 1.165) is 11.3 Å². The van der Waals surface area contributed by atoms with E-state index in [4.69, 9.17) is 4.74 Å². The molecule has 1 heterocycles. The van der Waals surface area contributed by atoms with E-state index in [-0.39, 0.29) is 11.8 Å². The molecular weight excluding hydrogens is 332 g/mol. The van der Waals surface area contributed by atoms with E-state index >= 15 is 0 Å². The van der Waals surface area contributed by atoms with E-state index in [1.54, 1.807) is 0 Å². The lowest BCUT2D eigenvalue weighted by Gasteiger charge is -2.25. The standard InChI is InChI=1S/C20H18N2O2S/c21-14-18-17(15-7-3-1-4-8-15)13-19(23)22-20(18)25-12-11-24-16-9-5-2-6-10-16/h1-10,17H,11-13H2,(H,22,23)/t17-/m0/s1. The first kappa shape index (κ1) is 17.1. The smallest absolute Gasteiger partial charge is 0.225 e. The minimum absolute atomic E-state index is 0.0562. The molecule has 4 nitrogen and oxygen atoms in total. The number of benzene rings is 2. The van der Waals surface area contributed by atoms with Crippen molar-refractivity contribution in [1.82, 2.24) is 5.32 Å². The lowest BCUT2D eigenvalue weighted by molar-refractivity contribution is -0.120. The molecule has 1 atom stereocenters. The van der Waals surface area contributed by atoms with Gasteiger partial charge in [0.15, 0.2) is 0 Å². The molecule has 0 aromatic heterocycles. The van der Waals surface area contributed by atoms with Crippen LogP contribution in [0.5, 0.6) is 5.75 Å². The summed E-state index contributed by atoms with van der Waals surface area (Å²) in [5.74, 6) is 1.22. The molecule has 0 aliphatic carbocycles. The van der Waals surface area contributed by atoms with E-state index in [0.29, 0.717) is 29.4 Å². The highest BCUT2D eigenvalue weighted by Crippen LogP contribution is 2.35. The van der Waals surface area contributed by atoms with Crippen LogP contribution in [-0.2, 0) is 4.79 Å². The van der Waals surface area contributed by atoms with Crippen LogP contribution in [0.4, 0.5) is 0 Å². The summed E-state index contributed by atoms with van der Waals surface area (Å²) in [6.45, 7) is 0.503. The van der Waals surface area contributed by atoms with E-state index in [9.17, 15) is 10.1 Å². The molecule has 0 spiro atoms. The van der Waals surface area contributed by atoms with Gasteiger partial charge in [-0.1, -0.05) is 48.5 Å². The van der Waals surface area contributed by atoms with Crippen molar-refractivity contribution in [3.63, 3.8) is 0 Å². The van der Waals surface area contributed by atoms with Crippen LogP contribution in [0.1, 0.15) is 17.9 Å². The number of carbonyl (C=O) groups is 1. The zero-order valence-corrected chi connectivity index (χ0v) is 14.5. The number of nitriles is 1. The van der Waals surface area contributed by atoms with Gasteiger partial charge in [-0.25, -0.2) is 0 Å². The predicted octanol–water partition coefficient (Wildman–Crippen LogP) is 3.84. The van der Waals surface area contributed by atoms with Crippen molar-refractivity contribution in [2.75, 3.05) is 12.4 Å². The SMILES string of the molecule is N#CC1=C(SCCOc2ccccc2)NC(=O)C[C@H]1c1ccccc1. The quantitative estimate of drug-likeness (QED) is 0.804. The van der Waals surface area contributed by atoms with Gasteiger partial charge in [-0.2, -0.15) is 5.26 Å². The van der Waals surface area contributed by atoms with Gasteiger partial charge >= 0.3 is 0 Å². The number of amides is 1. The van der Waals surface area contributed by atoms with Gasteiger partial charge < -0.3 is 10.1 Å². The summed E-state index contributed by atoms with van der Waals surface area (Å²) in [5, 5.41) is 13.1. The number of thioether (sulfide) groups is 1. The molecule has 2 aromatic carbocycles. The minimum Gasteiger partial charge on any atom is -0.493 e. The Balaban J connectivity index is 1.68. The molecule has 5 heteroatoms. The second-order valence-electron chi connectivity index (χ2n) is 5.58. The summed E-state index contributed by atoms with van der Waals surface area (Å²) >= 11 is 1.45. The van der Waals surface area contributed by atoms with Gasteiger partial charge in [0.05, 0.1) is 23.3 Å². The number of hydrogen-bond donors (Lipinski definition) is 1. The first-order valence-electron chi connectivity index (χ1n) is 8.07. The number of rotatable bonds is 6. The Labute approximate surface area is 151 Å². The van der Waals surface area contributed by atoms with Crippen LogP contribution in [0.25, 0.3) is 0 Å². The van der Waals surface area contributed by atoms with Gasteiger partial charge in [0, 0.05) is 18.1 Å². The van der Waals surface area contributed by atoms with Crippen molar-refractivity contribution in [3.8, 4) is 11.8 Å². The molecule has 1 aliphatic rings. The third kappa shape index (κ3) is 4.43. The van der Waals surface area contributed by atoms with Crippen molar-refractivity contribution in [2.24, 2.45) is 0 Å². The van der Waals surface area contributed by atoms with E-state index < -0.39 is 0 Å². The summed E-state index contributed by atoms with van der Waals surface area (Å²) in [4.78, 5) is 12.1. The lowest BCUT2D eigenvalue weighted by Crippen LogP contribution is -2.31. The average molecular weight is 350 g/mol. The Bertz CT molecular complexity index is 797. The Morgan fingerprint density at radius 3 is 2.48 bits per heavy atom. The maximum Gasteiger partial charge on any atom is 0.225 e. The maximum atomic E-state index is 12.1. The van der Waals surface area contributed by atoms with Crippen LogP contribution in [0.2, 0.25) is 0 Å². The largest absolute Gasteiger partial charge is 0.493 e. The maximum absolute atomic E-state index is 12.1. The minimum atomic E-state index is -0.183. The number of nitrogens with one attached hydrogen (secondary N) is 1. The second kappa shape index (κ2) is 8.41. The number of ether oxygens (including phenoxy) is 1. The Morgan fingerprint density at radius 2 is 1.80 bits per heavy atom. The molecule has 2 aromatic rings. The van der Waals surface area contributed by atoms with Crippen LogP contribution >= 0.6 is 11.8 Å². The van der Waals surface area contributed by atoms with Crippen molar-refractivity contribution in [2.45, 2.75) is 12.3 Å². The van der Waals surface area contributed by atoms with Crippen molar-refractivity contribution in [3.05, 3.63) is 76.8 Å². The summed E-state index contributed by atoms with van der Waals surface area (Å²) in [5.41, 5.74) is 1.61. The zero-order chi connectivity index (χ0) is 17.5. The highest BCUT2D eigenvalue weighted by Gasteiger charge is 2.29. The number of para-hydroxylation sites is 1. The Morgan fingerprint density at radius 1 is 1.12 bits per heavy atom. The van der Waals surface area contributed by atoms with Crippen molar-refractivity contribution in [1.29, 1.82) is 5.26 Å². The van der Waals surface area contributed by atoms with Gasteiger partial charge in [0.1, 0.15) is 5.75 Å². The molecule has 3 rings (SSSR count). The predicted molar refractivity (Wildman–Crippen MR) is 99.0 cm³/mol. The topological polar surface area (TPSA) is 62.1 Å². The normalized spacial score (nSPS) is 16.9. The van der Waals surface area contributed by atoms with Crippen LogP contribution in [0.3, 0.4) is 0 Å². The molecule has 0 fully saturated rings. The third-order valence-corrected chi connectivity index (χ3v) is 4.88. The highest BCUT2D eigenvalue weighted by molar-refractivity contribution is 8.03. The monoisotopic (exact) mass is 350 g/mol. The third-order valence-electron chi connectivity index (χ3n) is 3.90. The summed E-state index contributed by atoms with van der Waals surface area (Å²) < 4.78 is 5.67. The Kier molecular flexibility index (Phi) is 5.76. The molecule has 25 heavy (non-hydrogen) atoms. The number of carbonyl (C=O) groups excluding carboxylic acids is 1. The number of hydrogen-bond acceptors (Lipinski definition) is 4. The fourth-order valence-corrected chi connectivity index (χ4v) is 3.62. The first-order chi connectivity index (χ1) is 12.3. The molecule has 0 saturated carbocycles. The molecule has 0 radical (unpaired) electrons. The summed E-state index contributed by atoms with van der Waals surface area (Å²) in [7, 11) is 0. The van der Waals surface area contributed by atoms with E-state index in [2.05, 4.69) is 11.4 Å².